The molecule has 118 valence electrons. The van der Waals surface area contributed by atoms with Gasteiger partial charge in [-0.3, -0.25) is 0 Å². The van der Waals surface area contributed by atoms with E-state index in [4.69, 9.17) is 10.5 Å². The van der Waals surface area contributed by atoms with Crippen LogP contribution in [-0.4, -0.2) is 17.9 Å². The van der Waals surface area contributed by atoms with Crippen LogP contribution in [0.3, 0.4) is 0 Å². The van der Waals surface area contributed by atoms with Gasteiger partial charge >= 0.3 is 12.3 Å². The minimum absolute atomic E-state index is 0.0190. The minimum Gasteiger partial charge on any atom is -0.444 e. The fourth-order valence-electron chi connectivity index (χ4n) is 1.54. The molecule has 1 aromatic carbocycles. The molecule has 3 N–H and O–H groups in total. The lowest BCUT2D eigenvalue weighted by atomic mass is 10.1. The van der Waals surface area contributed by atoms with Crippen LogP contribution < -0.4 is 11.1 Å². The first-order valence-electron chi connectivity index (χ1n) is 6.01. The Morgan fingerprint density at radius 3 is 2.29 bits per heavy atom. The number of benzene rings is 1. The van der Waals surface area contributed by atoms with Crippen LogP contribution in [0.5, 0.6) is 0 Å². The molecule has 0 aliphatic heterocycles. The second-order valence-corrected chi connectivity index (χ2v) is 5.40. The second kappa shape index (κ2) is 5.79. The molecule has 1 amide bonds. The molecule has 8 heteroatoms. The van der Waals surface area contributed by atoms with Gasteiger partial charge in [0.25, 0.3) is 0 Å². The van der Waals surface area contributed by atoms with Gasteiger partial charge < -0.3 is 15.8 Å². The van der Waals surface area contributed by atoms with E-state index in [2.05, 4.69) is 0 Å². The maximum Gasteiger partial charge on any atom is 0.413 e. The zero-order chi connectivity index (χ0) is 16.4. The Morgan fingerprint density at radius 2 is 1.86 bits per heavy atom. The zero-order valence-corrected chi connectivity index (χ0v) is 11.7. The molecule has 0 heterocycles. The second-order valence-electron chi connectivity index (χ2n) is 5.40. The lowest BCUT2D eigenvalue weighted by molar-refractivity contribution is -0.157. The molecule has 0 radical (unpaired) electrons. The first-order chi connectivity index (χ1) is 9.40. The average molecular weight is 308 g/mol. The summed E-state index contributed by atoms with van der Waals surface area (Å²) < 4.78 is 57.4. The number of carbonyl (C=O) groups excluding carboxylic acids is 1. The van der Waals surface area contributed by atoms with Gasteiger partial charge in [0.1, 0.15) is 11.4 Å². The normalized spacial score (nSPS) is 13.7. The third-order valence-corrected chi connectivity index (χ3v) is 2.32. The first-order valence-corrected chi connectivity index (χ1v) is 6.01. The van der Waals surface area contributed by atoms with Gasteiger partial charge in [0, 0.05) is 11.3 Å². The average Bonchev–Trinajstić information content (AvgIpc) is 2.22. The summed E-state index contributed by atoms with van der Waals surface area (Å²) in [4.78, 5) is 11.5. The largest absolute Gasteiger partial charge is 0.444 e. The molecule has 0 aliphatic carbocycles. The third-order valence-electron chi connectivity index (χ3n) is 2.32. The Hall–Kier alpha value is -1.99. The Labute approximate surface area is 119 Å². The van der Waals surface area contributed by atoms with Gasteiger partial charge in [-0.25, -0.2) is 9.18 Å². The predicted octanol–water partition coefficient (Wildman–Crippen LogP) is 3.54. The number of alkyl halides is 3. The number of nitrogen functional groups attached to an aromatic ring is 1. The summed E-state index contributed by atoms with van der Waals surface area (Å²) in [6, 6.07) is 0.229. The van der Waals surface area contributed by atoms with Crippen LogP contribution in [0.15, 0.2) is 18.2 Å². The number of alkyl carbamates (subject to hydrolysis) is 1. The number of nitrogens with one attached hydrogen (secondary N) is 1. The van der Waals surface area contributed by atoms with E-state index in [-0.39, 0.29) is 5.69 Å². The molecule has 0 spiro atoms. The highest BCUT2D eigenvalue weighted by Crippen LogP contribution is 2.34. The van der Waals surface area contributed by atoms with Crippen LogP contribution in [0, 0.1) is 5.82 Å². The highest BCUT2D eigenvalue weighted by atomic mass is 19.4. The Kier molecular flexibility index (Phi) is 4.70. The van der Waals surface area contributed by atoms with E-state index in [0.29, 0.717) is 0 Å². The van der Waals surface area contributed by atoms with Crippen molar-refractivity contribution in [1.82, 2.24) is 5.32 Å². The standard InChI is InChI=1S/C13H16F4N2O2/c1-12(2,3)21-11(20)19-10(13(15,16)17)8-5-4-7(18)6-9(8)14/h4-6,10H,18H2,1-3H3,(H,19,20). The molecule has 0 aromatic heterocycles. The van der Waals surface area contributed by atoms with Crippen molar-refractivity contribution in [3.63, 3.8) is 0 Å². The fraction of sp³-hybridized carbons (Fsp3) is 0.462. The summed E-state index contributed by atoms with van der Waals surface area (Å²) in [6.07, 6.45) is -6.17. The number of hydrogen-bond donors (Lipinski definition) is 2. The quantitative estimate of drug-likeness (QED) is 0.649. The molecule has 0 fully saturated rings. The van der Waals surface area contributed by atoms with E-state index >= 15 is 0 Å². The van der Waals surface area contributed by atoms with Crippen molar-refractivity contribution in [2.45, 2.75) is 38.6 Å². The van der Waals surface area contributed by atoms with E-state index in [1.165, 1.54) is 20.8 Å². The summed E-state index contributed by atoms with van der Waals surface area (Å²) in [6.45, 7) is 4.50. The van der Waals surface area contributed by atoms with Crippen LogP contribution in [0.2, 0.25) is 0 Å². The monoisotopic (exact) mass is 308 g/mol. The van der Waals surface area contributed by atoms with Crippen LogP contribution in [0.4, 0.5) is 28.0 Å². The lowest BCUT2D eigenvalue weighted by Gasteiger charge is -2.25. The molecule has 1 aromatic rings. The van der Waals surface area contributed by atoms with Gasteiger partial charge in [-0.2, -0.15) is 13.2 Å². The van der Waals surface area contributed by atoms with Gasteiger partial charge in [-0.05, 0) is 32.9 Å². The summed E-state index contributed by atoms with van der Waals surface area (Å²) in [5.74, 6) is -1.16. The number of rotatable bonds is 2. The van der Waals surface area contributed by atoms with E-state index in [9.17, 15) is 22.4 Å². The van der Waals surface area contributed by atoms with Crippen molar-refractivity contribution in [2.75, 3.05) is 5.73 Å². The smallest absolute Gasteiger partial charge is 0.413 e. The third kappa shape index (κ3) is 5.13. The van der Waals surface area contributed by atoms with Crippen LogP contribution in [0.25, 0.3) is 0 Å². The number of nitrogens with two attached hydrogens (primary N) is 1. The molecule has 0 saturated carbocycles. The lowest BCUT2D eigenvalue weighted by Crippen LogP contribution is -2.41. The molecule has 0 aliphatic rings. The van der Waals surface area contributed by atoms with Crippen molar-refractivity contribution in [3.05, 3.63) is 29.6 Å². The Bertz CT molecular complexity index is 524. The molecule has 1 atom stereocenters. The van der Waals surface area contributed by atoms with Gasteiger partial charge in [-0.15, -0.1) is 0 Å². The maximum absolute atomic E-state index is 13.6. The first kappa shape index (κ1) is 17.1. The van der Waals surface area contributed by atoms with Gasteiger partial charge in [-0.1, -0.05) is 6.07 Å². The summed E-state index contributed by atoms with van der Waals surface area (Å²) >= 11 is 0. The molecular weight excluding hydrogens is 292 g/mol. The maximum atomic E-state index is 13.6. The molecule has 1 unspecified atom stereocenters. The van der Waals surface area contributed by atoms with Crippen molar-refractivity contribution >= 4 is 11.8 Å². The zero-order valence-electron chi connectivity index (χ0n) is 11.7. The van der Waals surface area contributed by atoms with E-state index in [0.717, 1.165) is 18.2 Å². The van der Waals surface area contributed by atoms with Crippen molar-refractivity contribution < 1.29 is 27.1 Å². The summed E-state index contributed by atoms with van der Waals surface area (Å²) in [7, 11) is 0. The van der Waals surface area contributed by atoms with Crippen LogP contribution in [0.1, 0.15) is 32.4 Å². The SMILES string of the molecule is CC(C)(C)OC(=O)NC(c1ccc(N)cc1F)C(F)(F)F. The highest BCUT2D eigenvalue weighted by molar-refractivity contribution is 5.68. The minimum atomic E-state index is -4.88. The number of amides is 1. The van der Waals surface area contributed by atoms with Gasteiger partial charge in [0.05, 0.1) is 0 Å². The number of ether oxygens (including phenoxy) is 1. The van der Waals surface area contributed by atoms with Crippen molar-refractivity contribution in [2.24, 2.45) is 0 Å². The molecule has 4 nitrogen and oxygen atoms in total. The predicted molar refractivity (Wildman–Crippen MR) is 69.0 cm³/mol. The number of anilines is 1. The van der Waals surface area contributed by atoms with E-state index < -0.39 is 35.3 Å². The van der Waals surface area contributed by atoms with Crippen molar-refractivity contribution in [3.8, 4) is 0 Å². The van der Waals surface area contributed by atoms with Gasteiger partial charge in [0.2, 0.25) is 0 Å². The van der Waals surface area contributed by atoms with E-state index in [1.807, 2.05) is 0 Å². The van der Waals surface area contributed by atoms with E-state index in [1.54, 1.807) is 5.32 Å². The molecular formula is C13H16F4N2O2. The highest BCUT2D eigenvalue weighted by Gasteiger charge is 2.44. The summed E-state index contributed by atoms with van der Waals surface area (Å²) in [5.41, 5.74) is 3.56. The summed E-state index contributed by atoms with van der Waals surface area (Å²) in [5, 5.41) is 1.62. The topological polar surface area (TPSA) is 64.3 Å². The molecule has 21 heavy (non-hydrogen) atoms. The van der Waals surface area contributed by atoms with Crippen LogP contribution >= 0.6 is 0 Å². The van der Waals surface area contributed by atoms with Crippen LogP contribution in [-0.2, 0) is 4.74 Å². The fourth-order valence-corrected chi connectivity index (χ4v) is 1.54. The molecule has 0 saturated heterocycles. The molecule has 0 bridgehead atoms. The van der Waals surface area contributed by atoms with Crippen molar-refractivity contribution in [1.29, 1.82) is 0 Å². The Morgan fingerprint density at radius 1 is 1.29 bits per heavy atom. The Balaban J connectivity index is 3.05. The number of hydrogen-bond acceptors (Lipinski definition) is 3. The number of carbonyl (C=O) groups is 1. The molecule has 1 rings (SSSR count). The number of halogens is 4. The van der Waals surface area contributed by atoms with Gasteiger partial charge in [0.15, 0.2) is 6.04 Å².